The van der Waals surface area contributed by atoms with Gasteiger partial charge in [-0.05, 0) is 23.1 Å². The fourth-order valence-corrected chi connectivity index (χ4v) is 1.20. The molecule has 1 heterocycles. The zero-order valence-electron chi connectivity index (χ0n) is 8.54. The molecule has 0 atom stereocenters. The Morgan fingerprint density at radius 1 is 1.38 bits per heavy atom. The number of rotatable bonds is 2. The van der Waals surface area contributed by atoms with Crippen molar-refractivity contribution in [1.29, 1.82) is 0 Å². The van der Waals surface area contributed by atoms with Gasteiger partial charge in [-0.25, -0.2) is 0 Å². The van der Waals surface area contributed by atoms with Crippen LogP contribution in [0, 0.1) is 0 Å². The summed E-state index contributed by atoms with van der Waals surface area (Å²) in [6.07, 6.45) is 2.45. The highest BCUT2D eigenvalue weighted by Gasteiger charge is 2.13. The van der Waals surface area contributed by atoms with E-state index in [1.165, 1.54) is 5.56 Å². The van der Waals surface area contributed by atoms with E-state index in [2.05, 4.69) is 31.8 Å². The first-order valence-corrected chi connectivity index (χ1v) is 4.60. The topological polar surface area (TPSA) is 33.1 Å². The zero-order valence-corrected chi connectivity index (χ0v) is 8.54. The number of hydrogen-bond acceptors (Lipinski definition) is 2. The average molecular weight is 179 g/mol. The normalized spacial score (nSPS) is 11.7. The fourth-order valence-electron chi connectivity index (χ4n) is 1.20. The number of nitrogens with zero attached hydrogens (tertiary/aromatic N) is 1. The standard InChI is InChI=1S/C11H17NO/c1-11(2,3)9-4-6-12-10(8-9)5-7-13/h4,6,8,13H,5,7H2,1-3H3. The zero-order chi connectivity index (χ0) is 9.90. The van der Waals surface area contributed by atoms with Gasteiger partial charge in [0.1, 0.15) is 0 Å². The molecule has 1 aromatic heterocycles. The predicted octanol–water partition coefficient (Wildman–Crippen LogP) is 1.91. The Kier molecular flexibility index (Phi) is 3.04. The molecule has 0 aliphatic rings. The van der Waals surface area contributed by atoms with Gasteiger partial charge in [-0.15, -0.1) is 0 Å². The predicted molar refractivity (Wildman–Crippen MR) is 53.7 cm³/mol. The molecular weight excluding hydrogens is 162 g/mol. The van der Waals surface area contributed by atoms with E-state index in [1.54, 1.807) is 0 Å². The highest BCUT2D eigenvalue weighted by molar-refractivity contribution is 5.23. The summed E-state index contributed by atoms with van der Waals surface area (Å²) < 4.78 is 0. The molecule has 0 saturated carbocycles. The molecule has 0 amide bonds. The highest BCUT2D eigenvalue weighted by Crippen LogP contribution is 2.21. The second-order valence-corrected chi connectivity index (χ2v) is 4.26. The van der Waals surface area contributed by atoms with E-state index in [-0.39, 0.29) is 12.0 Å². The molecule has 2 nitrogen and oxygen atoms in total. The molecule has 0 saturated heterocycles. The molecule has 0 unspecified atom stereocenters. The van der Waals surface area contributed by atoms with Crippen molar-refractivity contribution >= 4 is 0 Å². The van der Waals surface area contributed by atoms with E-state index in [1.807, 2.05) is 12.3 Å². The number of pyridine rings is 1. The third-order valence-corrected chi connectivity index (χ3v) is 2.05. The van der Waals surface area contributed by atoms with Crippen LogP contribution >= 0.6 is 0 Å². The molecule has 0 bridgehead atoms. The van der Waals surface area contributed by atoms with E-state index in [4.69, 9.17) is 5.11 Å². The minimum absolute atomic E-state index is 0.160. The third kappa shape index (κ3) is 2.81. The Morgan fingerprint density at radius 2 is 2.08 bits per heavy atom. The third-order valence-electron chi connectivity index (χ3n) is 2.05. The Balaban J connectivity index is 2.92. The molecule has 0 spiro atoms. The Hall–Kier alpha value is -0.890. The van der Waals surface area contributed by atoms with Crippen LogP contribution in [0.4, 0.5) is 0 Å². The summed E-state index contributed by atoms with van der Waals surface area (Å²) in [4.78, 5) is 4.18. The van der Waals surface area contributed by atoms with Crippen LogP contribution in [0.5, 0.6) is 0 Å². The summed E-state index contributed by atoms with van der Waals surface area (Å²) in [7, 11) is 0. The van der Waals surface area contributed by atoms with E-state index >= 15 is 0 Å². The second-order valence-electron chi connectivity index (χ2n) is 4.26. The van der Waals surface area contributed by atoms with E-state index in [0.29, 0.717) is 6.42 Å². The van der Waals surface area contributed by atoms with Gasteiger partial charge in [0.05, 0.1) is 0 Å². The lowest BCUT2D eigenvalue weighted by molar-refractivity contribution is 0.298. The first-order chi connectivity index (χ1) is 6.04. The van der Waals surface area contributed by atoms with Gasteiger partial charge in [0, 0.05) is 24.9 Å². The van der Waals surface area contributed by atoms with Crippen molar-refractivity contribution < 1.29 is 5.11 Å². The summed E-state index contributed by atoms with van der Waals surface area (Å²) >= 11 is 0. The minimum atomic E-state index is 0.160. The van der Waals surface area contributed by atoms with Gasteiger partial charge in [0.25, 0.3) is 0 Å². The number of aromatic nitrogens is 1. The molecule has 13 heavy (non-hydrogen) atoms. The minimum Gasteiger partial charge on any atom is -0.396 e. The van der Waals surface area contributed by atoms with Crippen molar-refractivity contribution in [1.82, 2.24) is 4.98 Å². The van der Waals surface area contributed by atoms with Crippen LogP contribution in [0.3, 0.4) is 0 Å². The van der Waals surface area contributed by atoms with Gasteiger partial charge in [-0.2, -0.15) is 0 Å². The van der Waals surface area contributed by atoms with Crippen molar-refractivity contribution in [3.05, 3.63) is 29.6 Å². The molecule has 0 fully saturated rings. The second kappa shape index (κ2) is 3.88. The lowest BCUT2D eigenvalue weighted by Crippen LogP contribution is -2.12. The SMILES string of the molecule is CC(C)(C)c1ccnc(CCO)c1. The van der Waals surface area contributed by atoms with Gasteiger partial charge in [-0.3, -0.25) is 4.98 Å². The van der Waals surface area contributed by atoms with Crippen molar-refractivity contribution in [2.24, 2.45) is 0 Å². The Morgan fingerprint density at radius 3 is 2.62 bits per heavy atom. The highest BCUT2D eigenvalue weighted by atomic mass is 16.3. The van der Waals surface area contributed by atoms with E-state index < -0.39 is 0 Å². The van der Waals surface area contributed by atoms with Crippen LogP contribution in [0.1, 0.15) is 32.0 Å². The fraction of sp³-hybridized carbons (Fsp3) is 0.545. The molecule has 0 radical (unpaired) electrons. The van der Waals surface area contributed by atoms with Crippen molar-refractivity contribution in [3.8, 4) is 0 Å². The summed E-state index contributed by atoms with van der Waals surface area (Å²) in [6.45, 7) is 6.68. The number of aliphatic hydroxyl groups excluding tert-OH is 1. The largest absolute Gasteiger partial charge is 0.396 e. The molecule has 1 N–H and O–H groups in total. The van der Waals surface area contributed by atoms with Crippen LogP contribution < -0.4 is 0 Å². The molecule has 2 heteroatoms. The Bertz CT molecular complexity index is 276. The van der Waals surface area contributed by atoms with Crippen LogP contribution in [0.2, 0.25) is 0 Å². The van der Waals surface area contributed by atoms with E-state index in [9.17, 15) is 0 Å². The molecule has 1 rings (SSSR count). The van der Waals surface area contributed by atoms with Gasteiger partial charge in [0.2, 0.25) is 0 Å². The van der Waals surface area contributed by atoms with E-state index in [0.717, 1.165) is 5.69 Å². The quantitative estimate of drug-likeness (QED) is 0.752. The first kappa shape index (κ1) is 10.2. The lowest BCUT2D eigenvalue weighted by atomic mass is 9.87. The smallest absolute Gasteiger partial charge is 0.0486 e. The molecule has 1 aromatic rings. The summed E-state index contributed by atoms with van der Waals surface area (Å²) in [5, 5.41) is 8.77. The summed E-state index contributed by atoms with van der Waals surface area (Å²) in [6, 6.07) is 4.09. The van der Waals surface area contributed by atoms with Gasteiger partial charge < -0.3 is 5.11 Å². The van der Waals surface area contributed by atoms with Crippen molar-refractivity contribution in [3.63, 3.8) is 0 Å². The monoisotopic (exact) mass is 179 g/mol. The van der Waals surface area contributed by atoms with Crippen molar-refractivity contribution in [2.45, 2.75) is 32.6 Å². The van der Waals surface area contributed by atoms with Gasteiger partial charge in [-0.1, -0.05) is 20.8 Å². The number of hydrogen-bond donors (Lipinski definition) is 1. The van der Waals surface area contributed by atoms with Crippen LogP contribution in [0.15, 0.2) is 18.3 Å². The Labute approximate surface area is 79.6 Å². The van der Waals surface area contributed by atoms with Crippen LogP contribution in [-0.4, -0.2) is 16.7 Å². The molecule has 72 valence electrons. The molecule has 0 aliphatic heterocycles. The van der Waals surface area contributed by atoms with Gasteiger partial charge >= 0.3 is 0 Å². The molecule has 0 aliphatic carbocycles. The summed E-state index contributed by atoms with van der Waals surface area (Å²) in [5.74, 6) is 0. The van der Waals surface area contributed by atoms with Crippen LogP contribution in [0.25, 0.3) is 0 Å². The molecule has 0 aromatic carbocycles. The maximum absolute atomic E-state index is 8.77. The van der Waals surface area contributed by atoms with Crippen LogP contribution in [-0.2, 0) is 11.8 Å². The lowest BCUT2D eigenvalue weighted by Gasteiger charge is -2.19. The molecular formula is C11H17NO. The summed E-state index contributed by atoms with van der Waals surface area (Å²) in [5.41, 5.74) is 2.40. The number of aliphatic hydroxyl groups is 1. The van der Waals surface area contributed by atoms with Crippen molar-refractivity contribution in [2.75, 3.05) is 6.61 Å². The van der Waals surface area contributed by atoms with Gasteiger partial charge in [0.15, 0.2) is 0 Å². The maximum atomic E-state index is 8.77. The average Bonchev–Trinajstić information content (AvgIpc) is 2.04. The first-order valence-electron chi connectivity index (χ1n) is 4.60. The maximum Gasteiger partial charge on any atom is 0.0486 e.